The first-order chi connectivity index (χ1) is 8.69. The van der Waals surface area contributed by atoms with Crippen LogP contribution in [0.4, 0.5) is 5.69 Å². The molecule has 1 fully saturated rings. The lowest BCUT2D eigenvalue weighted by Gasteiger charge is -2.23. The number of anilines is 1. The van der Waals surface area contributed by atoms with E-state index in [2.05, 4.69) is 10.3 Å². The van der Waals surface area contributed by atoms with Crippen LogP contribution in [0.1, 0.15) is 27.2 Å². The minimum Gasteiger partial charge on any atom is -0.486 e. The largest absolute Gasteiger partial charge is 0.486 e. The molecule has 1 heterocycles. The summed E-state index contributed by atoms with van der Waals surface area (Å²) in [6, 6.07) is 1.71. The molecule has 1 N–H and O–H groups in total. The van der Waals surface area contributed by atoms with Crippen LogP contribution in [0.15, 0.2) is 18.5 Å². The molecule has 1 aromatic rings. The van der Waals surface area contributed by atoms with Crippen LogP contribution in [-0.2, 0) is 4.79 Å². The summed E-state index contributed by atoms with van der Waals surface area (Å²) in [7, 11) is 0. The van der Waals surface area contributed by atoms with Crippen molar-refractivity contribution in [2.45, 2.75) is 37.1 Å². The van der Waals surface area contributed by atoms with Crippen LogP contribution in [0.3, 0.4) is 0 Å². The zero-order valence-electron chi connectivity index (χ0n) is 11.0. The number of nitrogens with zero attached hydrogens (tertiary/aromatic N) is 1. The molecule has 4 nitrogen and oxygen atoms in total. The third-order valence-corrected chi connectivity index (χ3v) is 3.43. The van der Waals surface area contributed by atoms with Crippen LogP contribution in [0, 0.1) is 5.92 Å². The number of nitrogens with one attached hydrogen (secondary N) is 1. The molecule has 6 heteroatoms. The summed E-state index contributed by atoms with van der Waals surface area (Å²) in [5.74, 6) is -0.0125. The maximum Gasteiger partial charge on any atom is 0.230 e. The highest BCUT2D eigenvalue weighted by Crippen LogP contribution is 2.53. The van der Waals surface area contributed by atoms with Crippen molar-refractivity contribution in [2.24, 2.45) is 5.92 Å². The van der Waals surface area contributed by atoms with E-state index in [1.165, 1.54) is 0 Å². The van der Waals surface area contributed by atoms with Gasteiger partial charge in [-0.1, -0.05) is 0 Å². The lowest BCUT2D eigenvalue weighted by Crippen LogP contribution is -2.24. The lowest BCUT2D eigenvalue weighted by atomic mass is 10.2. The smallest absolute Gasteiger partial charge is 0.230 e. The van der Waals surface area contributed by atoms with Crippen molar-refractivity contribution < 1.29 is 9.53 Å². The van der Waals surface area contributed by atoms with Crippen molar-refractivity contribution in [3.05, 3.63) is 18.5 Å². The van der Waals surface area contributed by atoms with E-state index in [4.69, 9.17) is 27.9 Å². The Bertz CT molecular complexity index is 498. The SMILES string of the molecule is CC(C)(C)Oc1ccncc1NC(=O)C1CC1(Cl)Cl. The molecule has 1 aliphatic carbocycles. The van der Waals surface area contributed by atoms with Crippen LogP contribution in [0.5, 0.6) is 5.75 Å². The molecular weight excluding hydrogens is 287 g/mol. The third kappa shape index (κ3) is 3.74. The van der Waals surface area contributed by atoms with Gasteiger partial charge in [-0.05, 0) is 27.2 Å². The Morgan fingerprint density at radius 2 is 2.16 bits per heavy atom. The molecule has 2 rings (SSSR count). The fraction of sp³-hybridized carbons (Fsp3) is 0.538. The van der Waals surface area contributed by atoms with Crippen molar-refractivity contribution in [1.82, 2.24) is 4.98 Å². The number of alkyl halides is 2. The van der Waals surface area contributed by atoms with Crippen molar-refractivity contribution in [1.29, 1.82) is 0 Å². The summed E-state index contributed by atoms with van der Waals surface area (Å²) < 4.78 is 4.83. The molecular formula is C13H16Cl2N2O2. The van der Waals surface area contributed by atoms with Gasteiger partial charge in [0, 0.05) is 12.3 Å². The number of carbonyl (C=O) groups is 1. The zero-order chi connectivity index (χ0) is 14.3. The monoisotopic (exact) mass is 302 g/mol. The average molecular weight is 303 g/mol. The lowest BCUT2D eigenvalue weighted by molar-refractivity contribution is -0.117. The second kappa shape index (κ2) is 4.84. The summed E-state index contributed by atoms with van der Waals surface area (Å²) in [5, 5.41) is 2.76. The number of amides is 1. The van der Waals surface area contributed by atoms with Gasteiger partial charge in [-0.2, -0.15) is 0 Å². The first-order valence-corrected chi connectivity index (χ1v) is 6.76. The predicted octanol–water partition coefficient (Wildman–Crippen LogP) is 3.39. The van der Waals surface area contributed by atoms with E-state index in [9.17, 15) is 4.79 Å². The van der Waals surface area contributed by atoms with Crippen LogP contribution >= 0.6 is 23.2 Å². The van der Waals surface area contributed by atoms with Gasteiger partial charge in [-0.3, -0.25) is 9.78 Å². The van der Waals surface area contributed by atoms with Gasteiger partial charge < -0.3 is 10.1 Å². The van der Waals surface area contributed by atoms with Gasteiger partial charge >= 0.3 is 0 Å². The number of hydrogen-bond acceptors (Lipinski definition) is 3. The molecule has 0 radical (unpaired) electrons. The van der Waals surface area contributed by atoms with Gasteiger partial charge in [-0.25, -0.2) is 0 Å². The molecule has 1 saturated carbocycles. The Morgan fingerprint density at radius 3 is 2.68 bits per heavy atom. The Balaban J connectivity index is 2.10. The normalized spacial score (nSPS) is 20.8. The number of pyridine rings is 1. The van der Waals surface area contributed by atoms with Crippen molar-refractivity contribution >= 4 is 34.8 Å². The Labute approximate surface area is 122 Å². The first kappa shape index (κ1) is 14.4. The molecule has 1 aliphatic rings. The Kier molecular flexibility index (Phi) is 3.67. The molecule has 0 aromatic carbocycles. The van der Waals surface area contributed by atoms with Crippen molar-refractivity contribution in [3.8, 4) is 5.75 Å². The van der Waals surface area contributed by atoms with E-state index in [1.54, 1.807) is 18.5 Å². The molecule has 1 atom stereocenters. The zero-order valence-corrected chi connectivity index (χ0v) is 12.5. The topological polar surface area (TPSA) is 51.2 Å². The molecule has 104 valence electrons. The molecule has 0 aliphatic heterocycles. The summed E-state index contributed by atoms with van der Waals surface area (Å²) in [4.78, 5) is 15.9. The predicted molar refractivity (Wildman–Crippen MR) is 75.8 cm³/mol. The second-order valence-corrected chi connectivity index (χ2v) is 7.14. The molecule has 19 heavy (non-hydrogen) atoms. The van der Waals surface area contributed by atoms with E-state index in [1.807, 2.05) is 20.8 Å². The van der Waals surface area contributed by atoms with Crippen LogP contribution in [0.2, 0.25) is 0 Å². The van der Waals surface area contributed by atoms with Gasteiger partial charge in [-0.15, -0.1) is 23.2 Å². The number of ether oxygens (including phenoxy) is 1. The maximum absolute atomic E-state index is 11.9. The van der Waals surface area contributed by atoms with Crippen molar-refractivity contribution in [3.63, 3.8) is 0 Å². The second-order valence-electron chi connectivity index (χ2n) is 5.59. The highest BCUT2D eigenvalue weighted by Gasteiger charge is 2.56. The standard InChI is InChI=1S/C13H16Cl2N2O2/c1-12(2,3)19-10-4-5-16-7-9(10)17-11(18)8-6-13(8,14)15/h4-5,7-8H,6H2,1-3H3,(H,17,18). The minimum absolute atomic E-state index is 0.211. The number of halogens is 2. The minimum atomic E-state index is -0.933. The van der Waals surface area contributed by atoms with Crippen LogP contribution in [0.25, 0.3) is 0 Å². The van der Waals surface area contributed by atoms with Crippen molar-refractivity contribution in [2.75, 3.05) is 5.32 Å². The maximum atomic E-state index is 11.9. The van der Waals surface area contributed by atoms with Gasteiger partial charge in [0.2, 0.25) is 5.91 Å². The van der Waals surface area contributed by atoms with Crippen LogP contribution in [-0.4, -0.2) is 20.8 Å². The number of rotatable bonds is 3. The Morgan fingerprint density at radius 1 is 1.53 bits per heavy atom. The number of aromatic nitrogens is 1. The third-order valence-electron chi connectivity index (χ3n) is 2.60. The summed E-state index contributed by atoms with van der Waals surface area (Å²) in [6.07, 6.45) is 3.63. The number of carbonyl (C=O) groups excluding carboxylic acids is 1. The Hall–Kier alpha value is -1.000. The molecule has 1 unspecified atom stereocenters. The summed E-state index contributed by atoms with van der Waals surface area (Å²) in [6.45, 7) is 5.80. The van der Waals surface area contributed by atoms with Crippen LogP contribution < -0.4 is 10.1 Å². The average Bonchev–Trinajstić information content (AvgIpc) is 2.89. The van der Waals surface area contributed by atoms with E-state index in [0.717, 1.165) is 0 Å². The van der Waals surface area contributed by atoms with E-state index in [0.29, 0.717) is 17.9 Å². The quantitative estimate of drug-likeness (QED) is 0.871. The van der Waals surface area contributed by atoms with Gasteiger partial charge in [0.05, 0.1) is 12.1 Å². The summed E-state index contributed by atoms with van der Waals surface area (Å²) in [5.41, 5.74) is 0.168. The van der Waals surface area contributed by atoms with Gasteiger partial charge in [0.15, 0.2) is 0 Å². The molecule has 0 saturated heterocycles. The molecule has 0 spiro atoms. The highest BCUT2D eigenvalue weighted by atomic mass is 35.5. The van der Waals surface area contributed by atoms with Gasteiger partial charge in [0.1, 0.15) is 21.4 Å². The fourth-order valence-electron chi connectivity index (χ4n) is 1.61. The van der Waals surface area contributed by atoms with E-state index < -0.39 is 4.33 Å². The van der Waals surface area contributed by atoms with Gasteiger partial charge in [0.25, 0.3) is 0 Å². The summed E-state index contributed by atoms with van der Waals surface area (Å²) >= 11 is 11.7. The number of hydrogen-bond donors (Lipinski definition) is 1. The van der Waals surface area contributed by atoms with E-state index >= 15 is 0 Å². The first-order valence-electron chi connectivity index (χ1n) is 6.01. The van der Waals surface area contributed by atoms with E-state index in [-0.39, 0.29) is 17.4 Å². The molecule has 0 bridgehead atoms. The fourth-order valence-corrected chi connectivity index (χ4v) is 2.12. The highest BCUT2D eigenvalue weighted by molar-refractivity contribution is 6.52. The molecule has 1 amide bonds. The molecule has 1 aromatic heterocycles.